The molecule has 1 aromatic carbocycles. The largest absolute Gasteiger partial charge is 0.481 e. The fourth-order valence-electron chi connectivity index (χ4n) is 5.36. The molecule has 0 spiro atoms. The third kappa shape index (κ3) is 5.39. The first-order chi connectivity index (χ1) is 18.4. The van der Waals surface area contributed by atoms with Crippen LogP contribution in [0.25, 0.3) is 0 Å². The Labute approximate surface area is 237 Å². The van der Waals surface area contributed by atoms with Crippen LogP contribution in [0.15, 0.2) is 34.3 Å². The van der Waals surface area contributed by atoms with Gasteiger partial charge in [0, 0.05) is 23.9 Å². The SMILES string of the molecule is CCOC(=O)c1cnc(SCC2NC(CF)C(C)(C(=O)O)C(c3cccc(Cl)c3Cl)C2(CC)C(=O)O)[nH]c1=O. The molecule has 14 heteroatoms. The first kappa shape index (κ1) is 30.9. The van der Waals surface area contributed by atoms with Crippen molar-refractivity contribution >= 4 is 52.9 Å². The van der Waals surface area contributed by atoms with Crippen LogP contribution in [0.1, 0.15) is 49.0 Å². The van der Waals surface area contributed by atoms with E-state index in [0.717, 1.165) is 18.0 Å². The van der Waals surface area contributed by atoms with Crippen LogP contribution in [0.4, 0.5) is 4.39 Å². The number of aromatic nitrogens is 2. The maximum atomic E-state index is 14.5. The first-order valence-electron chi connectivity index (χ1n) is 12.0. The van der Waals surface area contributed by atoms with Crippen molar-refractivity contribution in [2.24, 2.45) is 10.8 Å². The summed E-state index contributed by atoms with van der Waals surface area (Å²) in [7, 11) is 0. The van der Waals surface area contributed by atoms with Crippen LogP contribution in [0.5, 0.6) is 0 Å². The molecule has 5 unspecified atom stereocenters. The van der Waals surface area contributed by atoms with E-state index in [4.69, 9.17) is 27.9 Å². The van der Waals surface area contributed by atoms with E-state index in [-0.39, 0.29) is 45.1 Å². The number of carbonyl (C=O) groups excluding carboxylic acids is 1. The van der Waals surface area contributed by atoms with E-state index in [1.807, 2.05) is 0 Å². The number of hydrogen-bond acceptors (Lipinski definition) is 8. The number of esters is 1. The lowest BCUT2D eigenvalue weighted by atomic mass is 9.51. The van der Waals surface area contributed by atoms with Gasteiger partial charge in [0.05, 0.1) is 33.5 Å². The van der Waals surface area contributed by atoms with Gasteiger partial charge >= 0.3 is 17.9 Å². The minimum atomic E-state index is -1.94. The Morgan fingerprint density at radius 3 is 2.41 bits per heavy atom. The highest BCUT2D eigenvalue weighted by atomic mass is 35.5. The second-order valence-corrected chi connectivity index (χ2v) is 11.0. The van der Waals surface area contributed by atoms with Crippen LogP contribution in [0, 0.1) is 10.8 Å². The second kappa shape index (κ2) is 12.2. The quantitative estimate of drug-likeness (QED) is 0.177. The molecule has 0 aliphatic carbocycles. The molecule has 2 heterocycles. The molecule has 3 rings (SSSR count). The molecule has 1 saturated heterocycles. The van der Waals surface area contributed by atoms with E-state index >= 15 is 0 Å². The third-order valence-corrected chi connectivity index (χ3v) is 9.23. The first-order valence-corrected chi connectivity index (χ1v) is 13.8. The minimum absolute atomic E-state index is 0.0119. The van der Waals surface area contributed by atoms with Gasteiger partial charge in [0.25, 0.3) is 5.56 Å². The van der Waals surface area contributed by atoms with Crippen LogP contribution in [0.2, 0.25) is 10.0 Å². The van der Waals surface area contributed by atoms with Gasteiger partial charge < -0.3 is 25.3 Å². The minimum Gasteiger partial charge on any atom is -0.481 e. The highest BCUT2D eigenvalue weighted by molar-refractivity contribution is 7.99. The zero-order valence-electron chi connectivity index (χ0n) is 21.3. The van der Waals surface area contributed by atoms with Crippen molar-refractivity contribution < 1.29 is 33.7 Å². The molecule has 0 bridgehead atoms. The predicted molar refractivity (Wildman–Crippen MR) is 144 cm³/mol. The zero-order chi connectivity index (χ0) is 29.1. The number of carboxylic acids is 2. The van der Waals surface area contributed by atoms with E-state index in [9.17, 15) is 33.8 Å². The summed E-state index contributed by atoms with van der Waals surface area (Å²) in [5.74, 6) is -4.91. The number of aliphatic carboxylic acids is 2. The lowest BCUT2D eigenvalue weighted by Gasteiger charge is -2.57. The molecule has 1 aliphatic heterocycles. The van der Waals surface area contributed by atoms with Gasteiger partial charge in [-0.15, -0.1) is 0 Å². The van der Waals surface area contributed by atoms with Gasteiger partial charge in [-0.2, -0.15) is 0 Å². The van der Waals surface area contributed by atoms with Crippen molar-refractivity contribution in [2.75, 3.05) is 19.0 Å². The average Bonchev–Trinajstić information content (AvgIpc) is 2.89. The fourth-order valence-corrected chi connectivity index (χ4v) is 6.79. The summed E-state index contributed by atoms with van der Waals surface area (Å²) in [6, 6.07) is 2.23. The van der Waals surface area contributed by atoms with E-state index in [2.05, 4.69) is 15.3 Å². The maximum absolute atomic E-state index is 14.5. The standard InChI is InChI=1S/C25H28Cl2FN3O7S/c1-4-25(22(36)37)16(11-39-23-29-10-13(19(32)31-23)20(33)38-5-2)30-15(9-28)24(3,21(34)35)18(25)12-7-6-8-14(26)17(12)27/h6-8,10,15-16,18,30H,4-5,9,11H2,1-3H3,(H,34,35)(H,36,37)(H,29,31,32). The lowest BCUT2D eigenvalue weighted by Crippen LogP contribution is -2.71. The molecule has 1 aliphatic rings. The molecule has 0 radical (unpaired) electrons. The van der Waals surface area contributed by atoms with E-state index < -0.39 is 59.0 Å². The Balaban J connectivity index is 2.13. The van der Waals surface area contributed by atoms with Gasteiger partial charge in [-0.1, -0.05) is 54.0 Å². The molecule has 4 N–H and O–H groups in total. The van der Waals surface area contributed by atoms with Crippen LogP contribution < -0.4 is 10.9 Å². The van der Waals surface area contributed by atoms with Gasteiger partial charge in [0.15, 0.2) is 5.16 Å². The number of halogens is 3. The molecular weight excluding hydrogens is 576 g/mol. The Morgan fingerprint density at radius 2 is 1.87 bits per heavy atom. The topological polar surface area (TPSA) is 159 Å². The lowest BCUT2D eigenvalue weighted by molar-refractivity contribution is -0.172. The number of thioether (sulfide) groups is 1. The normalized spacial score (nSPS) is 26.7. The number of nitrogens with one attached hydrogen (secondary N) is 2. The number of alkyl halides is 1. The van der Waals surface area contributed by atoms with Crippen molar-refractivity contribution in [3.63, 3.8) is 0 Å². The van der Waals surface area contributed by atoms with Gasteiger partial charge in [-0.05, 0) is 31.9 Å². The predicted octanol–water partition coefficient (Wildman–Crippen LogP) is 4.01. The summed E-state index contributed by atoms with van der Waals surface area (Å²) < 4.78 is 19.3. The number of hydrogen-bond donors (Lipinski definition) is 4. The van der Waals surface area contributed by atoms with Crippen molar-refractivity contribution in [2.45, 2.75) is 50.4 Å². The third-order valence-electron chi connectivity index (χ3n) is 7.41. The van der Waals surface area contributed by atoms with Crippen molar-refractivity contribution in [1.29, 1.82) is 0 Å². The zero-order valence-corrected chi connectivity index (χ0v) is 23.6. The van der Waals surface area contributed by atoms with Crippen LogP contribution in [0.3, 0.4) is 0 Å². The molecule has 212 valence electrons. The molecule has 0 amide bonds. The number of aromatic amines is 1. The average molecular weight is 604 g/mol. The number of H-pyrrole nitrogens is 1. The summed E-state index contributed by atoms with van der Waals surface area (Å²) in [4.78, 5) is 56.7. The highest BCUT2D eigenvalue weighted by Crippen LogP contribution is 2.59. The van der Waals surface area contributed by atoms with Crippen molar-refractivity contribution in [1.82, 2.24) is 15.3 Å². The number of piperidine rings is 1. The highest BCUT2D eigenvalue weighted by Gasteiger charge is 2.66. The van der Waals surface area contributed by atoms with Crippen molar-refractivity contribution in [3.8, 4) is 0 Å². The number of ether oxygens (including phenoxy) is 1. The van der Waals surface area contributed by atoms with Gasteiger partial charge in [-0.3, -0.25) is 14.4 Å². The van der Waals surface area contributed by atoms with Gasteiger partial charge in [-0.25, -0.2) is 14.2 Å². The number of carboxylic acid groups (broad SMARTS) is 2. The van der Waals surface area contributed by atoms with Gasteiger partial charge in [0.2, 0.25) is 0 Å². The monoisotopic (exact) mass is 603 g/mol. The summed E-state index contributed by atoms with van der Waals surface area (Å²) >= 11 is 13.7. The molecule has 10 nitrogen and oxygen atoms in total. The molecule has 0 saturated carbocycles. The van der Waals surface area contributed by atoms with E-state index in [1.165, 1.54) is 25.1 Å². The van der Waals surface area contributed by atoms with Crippen LogP contribution >= 0.6 is 35.0 Å². The molecule has 1 fully saturated rings. The summed E-state index contributed by atoms with van der Waals surface area (Å²) in [5.41, 5.74) is -4.60. The molecule has 2 aromatic rings. The van der Waals surface area contributed by atoms with E-state index in [0.29, 0.717) is 0 Å². The summed E-state index contributed by atoms with van der Waals surface area (Å²) in [6.07, 6.45) is 1.000. The molecule has 1 aromatic heterocycles. The second-order valence-electron chi connectivity index (χ2n) is 9.25. The Bertz CT molecular complexity index is 1330. The number of benzene rings is 1. The van der Waals surface area contributed by atoms with Crippen LogP contribution in [-0.2, 0) is 14.3 Å². The van der Waals surface area contributed by atoms with Crippen molar-refractivity contribution in [3.05, 3.63) is 55.9 Å². The number of nitrogens with zero attached hydrogens (tertiary/aromatic N) is 1. The summed E-state index contributed by atoms with van der Waals surface area (Å²) in [6.45, 7) is 3.46. The fraction of sp³-hybridized carbons (Fsp3) is 0.480. The Morgan fingerprint density at radius 1 is 1.18 bits per heavy atom. The van der Waals surface area contributed by atoms with Crippen LogP contribution in [-0.4, -0.2) is 69.2 Å². The molecular formula is C25H28Cl2FN3O7S. The number of rotatable bonds is 10. The smallest absolute Gasteiger partial charge is 0.345 e. The Hall–Kier alpha value is -2.67. The molecule has 5 atom stereocenters. The van der Waals surface area contributed by atoms with E-state index in [1.54, 1.807) is 13.8 Å². The maximum Gasteiger partial charge on any atom is 0.345 e. The summed E-state index contributed by atoms with van der Waals surface area (Å²) in [5, 5.41) is 24.1. The van der Waals surface area contributed by atoms with Gasteiger partial charge in [0.1, 0.15) is 12.2 Å². The number of carbonyl (C=O) groups is 3. The molecule has 39 heavy (non-hydrogen) atoms. The Kier molecular flexibility index (Phi) is 9.69.